The van der Waals surface area contributed by atoms with E-state index < -0.39 is 0 Å². The lowest BCUT2D eigenvalue weighted by Crippen LogP contribution is -2.30. The second kappa shape index (κ2) is 5.00. The van der Waals surface area contributed by atoms with Crippen molar-refractivity contribution in [3.05, 3.63) is 18.0 Å². The Bertz CT molecular complexity index is 324. The van der Waals surface area contributed by atoms with Crippen LogP contribution in [0.25, 0.3) is 0 Å². The molecule has 3 nitrogen and oxygen atoms in total. The molecule has 3 heteroatoms. The van der Waals surface area contributed by atoms with Crippen LogP contribution in [0.4, 0.5) is 0 Å². The van der Waals surface area contributed by atoms with Crippen LogP contribution in [0.3, 0.4) is 0 Å². The van der Waals surface area contributed by atoms with Gasteiger partial charge in [-0.25, -0.2) is 0 Å². The molecule has 16 heavy (non-hydrogen) atoms. The average molecular weight is 221 g/mol. The molecule has 1 aromatic heterocycles. The first-order valence-electron chi connectivity index (χ1n) is 6.36. The molecule has 0 aliphatic heterocycles. The zero-order chi connectivity index (χ0) is 11.4. The van der Waals surface area contributed by atoms with Gasteiger partial charge < -0.3 is 5.32 Å². The first-order chi connectivity index (χ1) is 7.68. The van der Waals surface area contributed by atoms with Gasteiger partial charge in [-0.3, -0.25) is 4.68 Å². The molecule has 0 saturated heterocycles. The summed E-state index contributed by atoms with van der Waals surface area (Å²) in [5, 5.41) is 7.76. The molecule has 1 aliphatic carbocycles. The van der Waals surface area contributed by atoms with Gasteiger partial charge in [0.1, 0.15) is 0 Å². The Labute approximate surface area is 98.2 Å². The molecule has 1 aromatic rings. The fourth-order valence-corrected chi connectivity index (χ4v) is 2.63. The van der Waals surface area contributed by atoms with Crippen LogP contribution in [0, 0.1) is 5.41 Å². The van der Waals surface area contributed by atoms with Crippen molar-refractivity contribution in [1.82, 2.24) is 15.1 Å². The van der Waals surface area contributed by atoms with Crippen molar-refractivity contribution < 1.29 is 0 Å². The minimum Gasteiger partial charge on any atom is -0.316 e. The van der Waals surface area contributed by atoms with Gasteiger partial charge in [-0.1, -0.05) is 19.8 Å². The number of aromatic nitrogens is 2. The Balaban J connectivity index is 1.65. The summed E-state index contributed by atoms with van der Waals surface area (Å²) in [5.41, 5.74) is 1.89. The normalized spacial score (nSPS) is 19.1. The van der Waals surface area contributed by atoms with Crippen LogP contribution in [0.1, 0.15) is 38.2 Å². The average Bonchev–Trinajstić information content (AvgIpc) is 2.84. The van der Waals surface area contributed by atoms with Gasteiger partial charge in [0.25, 0.3) is 0 Å². The topological polar surface area (TPSA) is 29.9 Å². The summed E-state index contributed by atoms with van der Waals surface area (Å²) >= 11 is 0. The highest BCUT2D eigenvalue weighted by Gasteiger charge is 2.27. The summed E-state index contributed by atoms with van der Waals surface area (Å²) in [5.74, 6) is 0. The van der Waals surface area contributed by atoms with E-state index in [-0.39, 0.29) is 0 Å². The smallest absolute Gasteiger partial charge is 0.0522 e. The van der Waals surface area contributed by atoms with E-state index in [9.17, 15) is 0 Å². The molecule has 0 bridgehead atoms. The predicted octanol–water partition coefficient (Wildman–Crippen LogP) is 2.13. The maximum absolute atomic E-state index is 4.18. The van der Waals surface area contributed by atoms with Gasteiger partial charge in [-0.2, -0.15) is 5.10 Å². The molecule has 0 atom stereocenters. The van der Waals surface area contributed by atoms with Crippen molar-refractivity contribution in [2.24, 2.45) is 12.5 Å². The highest BCUT2D eigenvalue weighted by atomic mass is 15.2. The van der Waals surface area contributed by atoms with E-state index >= 15 is 0 Å². The van der Waals surface area contributed by atoms with Crippen molar-refractivity contribution in [2.75, 3.05) is 13.1 Å². The maximum atomic E-state index is 4.18. The summed E-state index contributed by atoms with van der Waals surface area (Å²) in [4.78, 5) is 0. The van der Waals surface area contributed by atoms with Crippen LogP contribution < -0.4 is 5.32 Å². The lowest BCUT2D eigenvalue weighted by Gasteiger charge is -2.23. The molecule has 2 rings (SSSR count). The molecule has 1 aliphatic rings. The lowest BCUT2D eigenvalue weighted by molar-refractivity contribution is 0.316. The number of nitrogens with zero attached hydrogens (tertiary/aromatic N) is 2. The summed E-state index contributed by atoms with van der Waals surface area (Å²) in [6.45, 7) is 4.66. The monoisotopic (exact) mass is 221 g/mol. The Morgan fingerprint density at radius 3 is 2.81 bits per heavy atom. The zero-order valence-electron chi connectivity index (χ0n) is 10.5. The fraction of sp³-hybridized carbons (Fsp3) is 0.769. The largest absolute Gasteiger partial charge is 0.316 e. The first-order valence-corrected chi connectivity index (χ1v) is 6.36. The SMILES string of the molecule is Cn1cc(CCNCC2(C)CCCC2)cn1. The van der Waals surface area contributed by atoms with E-state index in [2.05, 4.69) is 23.5 Å². The Morgan fingerprint density at radius 2 is 2.19 bits per heavy atom. The number of hydrogen-bond acceptors (Lipinski definition) is 2. The van der Waals surface area contributed by atoms with Gasteiger partial charge in [-0.05, 0) is 36.8 Å². The number of aryl methyl sites for hydroxylation is 1. The Morgan fingerprint density at radius 1 is 1.44 bits per heavy atom. The fourth-order valence-electron chi connectivity index (χ4n) is 2.63. The standard InChI is InChI=1S/C13H23N3/c1-13(6-3-4-7-13)11-14-8-5-12-9-15-16(2)10-12/h9-10,14H,3-8,11H2,1-2H3. The molecule has 1 saturated carbocycles. The Hall–Kier alpha value is -0.830. The molecule has 1 N–H and O–H groups in total. The summed E-state index contributed by atoms with van der Waals surface area (Å²) < 4.78 is 1.87. The van der Waals surface area contributed by atoms with E-state index in [0.717, 1.165) is 13.0 Å². The molecule has 0 unspecified atom stereocenters. The van der Waals surface area contributed by atoms with Crippen molar-refractivity contribution in [2.45, 2.75) is 39.0 Å². The van der Waals surface area contributed by atoms with Gasteiger partial charge in [-0.15, -0.1) is 0 Å². The Kier molecular flexibility index (Phi) is 3.64. The maximum Gasteiger partial charge on any atom is 0.0522 e. The minimum absolute atomic E-state index is 0.564. The molecular weight excluding hydrogens is 198 g/mol. The minimum atomic E-state index is 0.564. The van der Waals surface area contributed by atoms with Gasteiger partial charge in [0.15, 0.2) is 0 Å². The number of rotatable bonds is 5. The highest BCUT2D eigenvalue weighted by Crippen LogP contribution is 2.36. The zero-order valence-corrected chi connectivity index (χ0v) is 10.5. The van der Waals surface area contributed by atoms with E-state index in [1.165, 1.54) is 37.8 Å². The van der Waals surface area contributed by atoms with Crippen LogP contribution in [0.2, 0.25) is 0 Å². The summed E-state index contributed by atoms with van der Waals surface area (Å²) in [6.07, 6.45) is 10.8. The van der Waals surface area contributed by atoms with Crippen LogP contribution in [0.5, 0.6) is 0 Å². The van der Waals surface area contributed by atoms with E-state index in [1.54, 1.807) is 0 Å². The van der Waals surface area contributed by atoms with Crippen molar-refractivity contribution >= 4 is 0 Å². The number of nitrogens with one attached hydrogen (secondary N) is 1. The molecule has 90 valence electrons. The molecule has 0 radical (unpaired) electrons. The van der Waals surface area contributed by atoms with E-state index in [4.69, 9.17) is 0 Å². The van der Waals surface area contributed by atoms with E-state index in [0.29, 0.717) is 5.41 Å². The van der Waals surface area contributed by atoms with Gasteiger partial charge in [0, 0.05) is 19.8 Å². The lowest BCUT2D eigenvalue weighted by atomic mass is 9.89. The molecule has 0 amide bonds. The second-order valence-corrected chi connectivity index (χ2v) is 5.47. The van der Waals surface area contributed by atoms with Gasteiger partial charge in [0.05, 0.1) is 6.20 Å². The van der Waals surface area contributed by atoms with Crippen molar-refractivity contribution in [3.8, 4) is 0 Å². The second-order valence-electron chi connectivity index (χ2n) is 5.47. The van der Waals surface area contributed by atoms with Crippen LogP contribution >= 0.6 is 0 Å². The molecule has 1 fully saturated rings. The van der Waals surface area contributed by atoms with Crippen molar-refractivity contribution in [3.63, 3.8) is 0 Å². The van der Waals surface area contributed by atoms with Crippen LogP contribution in [-0.4, -0.2) is 22.9 Å². The summed E-state index contributed by atoms with van der Waals surface area (Å²) in [7, 11) is 1.97. The molecule has 0 aromatic carbocycles. The van der Waals surface area contributed by atoms with Gasteiger partial charge in [0.2, 0.25) is 0 Å². The van der Waals surface area contributed by atoms with Crippen molar-refractivity contribution in [1.29, 1.82) is 0 Å². The predicted molar refractivity (Wildman–Crippen MR) is 66.4 cm³/mol. The quantitative estimate of drug-likeness (QED) is 0.772. The third-order valence-electron chi connectivity index (χ3n) is 3.71. The summed E-state index contributed by atoms with van der Waals surface area (Å²) in [6, 6.07) is 0. The highest BCUT2D eigenvalue weighted by molar-refractivity contribution is 5.03. The first kappa shape index (κ1) is 11.6. The molecule has 1 heterocycles. The molecular formula is C13H23N3. The third kappa shape index (κ3) is 3.08. The van der Waals surface area contributed by atoms with Gasteiger partial charge >= 0.3 is 0 Å². The number of hydrogen-bond donors (Lipinski definition) is 1. The third-order valence-corrected chi connectivity index (χ3v) is 3.71. The van der Waals surface area contributed by atoms with Crippen LogP contribution in [-0.2, 0) is 13.5 Å². The molecule has 0 spiro atoms. The van der Waals surface area contributed by atoms with Crippen LogP contribution in [0.15, 0.2) is 12.4 Å². The van der Waals surface area contributed by atoms with E-state index in [1.807, 2.05) is 17.9 Å².